The number of carbonyl (C=O) groups excluding carboxylic acids is 2. The second-order valence-electron chi connectivity index (χ2n) is 6.22. The fraction of sp³-hybridized carbons (Fsp3) is 0.316. The highest BCUT2D eigenvalue weighted by atomic mass is 16.5. The Hall–Kier alpha value is -3.49. The molecule has 28 heavy (non-hydrogen) atoms. The van der Waals surface area contributed by atoms with Crippen molar-refractivity contribution >= 4 is 28.9 Å². The first-order chi connectivity index (χ1) is 13.5. The SMILES string of the molecule is COC(=O)CCc1nc(N)c2ncn(Cc3cccc(CC(=O)OC)c3)c2n1. The van der Waals surface area contributed by atoms with Gasteiger partial charge in [0.2, 0.25) is 0 Å². The molecule has 0 atom stereocenters. The van der Waals surface area contributed by atoms with Crippen LogP contribution in [0.4, 0.5) is 5.82 Å². The van der Waals surface area contributed by atoms with E-state index in [1.807, 2.05) is 28.8 Å². The first kappa shape index (κ1) is 19.3. The van der Waals surface area contributed by atoms with Crippen LogP contribution in [0.2, 0.25) is 0 Å². The van der Waals surface area contributed by atoms with Gasteiger partial charge in [-0.05, 0) is 11.1 Å². The Bertz CT molecular complexity index is 1010. The van der Waals surface area contributed by atoms with Gasteiger partial charge in [0.1, 0.15) is 11.3 Å². The van der Waals surface area contributed by atoms with E-state index in [1.165, 1.54) is 14.2 Å². The van der Waals surface area contributed by atoms with E-state index in [1.54, 1.807) is 6.33 Å². The number of nitrogen functional groups attached to an aromatic ring is 1. The van der Waals surface area contributed by atoms with Gasteiger partial charge in [-0.2, -0.15) is 0 Å². The molecule has 9 heteroatoms. The van der Waals surface area contributed by atoms with Gasteiger partial charge in [-0.15, -0.1) is 0 Å². The first-order valence-electron chi connectivity index (χ1n) is 8.69. The molecule has 0 aliphatic rings. The van der Waals surface area contributed by atoms with E-state index >= 15 is 0 Å². The number of hydrogen-bond acceptors (Lipinski definition) is 8. The molecule has 3 rings (SSSR count). The lowest BCUT2D eigenvalue weighted by Gasteiger charge is -2.08. The summed E-state index contributed by atoms with van der Waals surface area (Å²) in [6.45, 7) is 0.498. The number of esters is 2. The number of rotatable bonds is 7. The first-order valence-corrected chi connectivity index (χ1v) is 8.69. The van der Waals surface area contributed by atoms with Gasteiger partial charge in [0, 0.05) is 6.42 Å². The summed E-state index contributed by atoms with van der Waals surface area (Å²) in [5, 5.41) is 0. The van der Waals surface area contributed by atoms with Crippen molar-refractivity contribution in [2.45, 2.75) is 25.8 Å². The minimum absolute atomic E-state index is 0.172. The van der Waals surface area contributed by atoms with E-state index < -0.39 is 0 Å². The molecule has 9 nitrogen and oxygen atoms in total. The minimum atomic E-state index is -0.335. The summed E-state index contributed by atoms with van der Waals surface area (Å²) >= 11 is 0. The molecular weight excluding hydrogens is 362 g/mol. The van der Waals surface area contributed by atoms with Crippen LogP contribution in [0.3, 0.4) is 0 Å². The van der Waals surface area contributed by atoms with Gasteiger partial charge >= 0.3 is 11.9 Å². The summed E-state index contributed by atoms with van der Waals surface area (Å²) in [7, 11) is 2.70. The van der Waals surface area contributed by atoms with Gasteiger partial charge in [-0.25, -0.2) is 15.0 Å². The largest absolute Gasteiger partial charge is 0.469 e. The summed E-state index contributed by atoms with van der Waals surface area (Å²) < 4.78 is 11.2. The third kappa shape index (κ3) is 4.43. The van der Waals surface area contributed by atoms with Gasteiger partial charge in [-0.1, -0.05) is 24.3 Å². The van der Waals surface area contributed by atoms with Crippen molar-refractivity contribution < 1.29 is 19.1 Å². The van der Waals surface area contributed by atoms with Crippen LogP contribution in [-0.4, -0.2) is 45.7 Å². The zero-order valence-corrected chi connectivity index (χ0v) is 15.7. The van der Waals surface area contributed by atoms with Gasteiger partial charge in [0.25, 0.3) is 0 Å². The molecule has 0 saturated heterocycles. The standard InChI is InChI=1S/C19H21N5O4/c1-27-15(25)7-6-14-22-18(20)17-19(23-14)24(11-21-17)10-13-5-3-4-12(8-13)9-16(26)28-2/h3-5,8,11H,6-7,9-10H2,1-2H3,(H2,20,22,23). The molecule has 0 aliphatic heterocycles. The number of carbonyl (C=O) groups is 2. The zero-order chi connectivity index (χ0) is 20.1. The molecule has 2 N–H and O–H groups in total. The fourth-order valence-corrected chi connectivity index (χ4v) is 2.83. The third-order valence-electron chi connectivity index (χ3n) is 4.24. The number of benzene rings is 1. The Morgan fingerprint density at radius 2 is 1.86 bits per heavy atom. The van der Waals surface area contributed by atoms with E-state index in [2.05, 4.69) is 19.7 Å². The third-order valence-corrected chi connectivity index (χ3v) is 4.24. The number of aryl methyl sites for hydroxylation is 1. The van der Waals surface area contributed by atoms with Crippen molar-refractivity contribution in [2.24, 2.45) is 0 Å². The maximum absolute atomic E-state index is 11.5. The second kappa shape index (κ2) is 8.47. The van der Waals surface area contributed by atoms with Crippen LogP contribution < -0.4 is 5.73 Å². The van der Waals surface area contributed by atoms with Crippen LogP contribution in [0.5, 0.6) is 0 Å². The number of nitrogens with two attached hydrogens (primary N) is 1. The number of methoxy groups -OCH3 is 2. The van der Waals surface area contributed by atoms with Crippen molar-refractivity contribution in [3.8, 4) is 0 Å². The molecule has 0 saturated carbocycles. The number of imidazole rings is 1. The number of ether oxygens (including phenoxy) is 2. The Morgan fingerprint density at radius 3 is 2.61 bits per heavy atom. The number of fused-ring (bicyclic) bond motifs is 1. The Balaban J connectivity index is 1.85. The predicted molar refractivity (Wildman–Crippen MR) is 101 cm³/mol. The summed E-state index contributed by atoms with van der Waals surface area (Å²) in [5.41, 5.74) is 8.94. The van der Waals surface area contributed by atoms with Gasteiger partial charge in [0.15, 0.2) is 11.5 Å². The van der Waals surface area contributed by atoms with E-state index in [0.717, 1.165) is 11.1 Å². The summed E-state index contributed by atoms with van der Waals surface area (Å²) in [5.74, 6) is 0.0961. The van der Waals surface area contributed by atoms with Crippen LogP contribution in [0.25, 0.3) is 11.2 Å². The lowest BCUT2D eigenvalue weighted by molar-refractivity contribution is -0.141. The highest BCUT2D eigenvalue weighted by Gasteiger charge is 2.13. The Kier molecular flexibility index (Phi) is 5.83. The van der Waals surface area contributed by atoms with Crippen LogP contribution in [-0.2, 0) is 38.4 Å². The molecule has 146 valence electrons. The van der Waals surface area contributed by atoms with Crippen molar-refractivity contribution in [1.82, 2.24) is 19.5 Å². The molecule has 2 heterocycles. The number of nitrogens with zero attached hydrogens (tertiary/aromatic N) is 4. The van der Waals surface area contributed by atoms with Crippen LogP contribution in [0.15, 0.2) is 30.6 Å². The fourth-order valence-electron chi connectivity index (χ4n) is 2.83. The molecule has 2 aromatic heterocycles. The van der Waals surface area contributed by atoms with E-state index in [9.17, 15) is 9.59 Å². The second-order valence-corrected chi connectivity index (χ2v) is 6.22. The number of anilines is 1. The highest BCUT2D eigenvalue weighted by molar-refractivity contribution is 5.81. The molecule has 0 aliphatic carbocycles. The van der Waals surface area contributed by atoms with Crippen molar-refractivity contribution in [1.29, 1.82) is 0 Å². The predicted octanol–water partition coefficient (Wildman–Crippen LogP) is 1.28. The summed E-state index contributed by atoms with van der Waals surface area (Å²) in [6.07, 6.45) is 2.35. The zero-order valence-electron chi connectivity index (χ0n) is 15.7. The molecule has 0 fully saturated rings. The maximum Gasteiger partial charge on any atom is 0.309 e. The highest BCUT2D eigenvalue weighted by Crippen LogP contribution is 2.18. The van der Waals surface area contributed by atoms with Gasteiger partial charge in [-0.3, -0.25) is 9.59 Å². The lowest BCUT2D eigenvalue weighted by Crippen LogP contribution is -2.08. The van der Waals surface area contributed by atoms with Gasteiger partial charge in [0.05, 0.1) is 39.9 Å². The van der Waals surface area contributed by atoms with Crippen molar-refractivity contribution in [3.05, 3.63) is 47.5 Å². The molecule has 0 spiro atoms. The molecule has 3 aromatic rings. The minimum Gasteiger partial charge on any atom is -0.469 e. The van der Waals surface area contributed by atoms with Crippen LogP contribution >= 0.6 is 0 Å². The Morgan fingerprint density at radius 1 is 1.11 bits per heavy atom. The summed E-state index contributed by atoms with van der Waals surface area (Å²) in [4.78, 5) is 35.9. The van der Waals surface area contributed by atoms with Crippen molar-refractivity contribution in [3.63, 3.8) is 0 Å². The van der Waals surface area contributed by atoms with E-state index in [0.29, 0.717) is 30.0 Å². The molecular formula is C19H21N5O4. The van der Waals surface area contributed by atoms with Crippen LogP contribution in [0, 0.1) is 0 Å². The monoisotopic (exact) mass is 383 g/mol. The van der Waals surface area contributed by atoms with Gasteiger partial charge < -0.3 is 19.8 Å². The topological polar surface area (TPSA) is 122 Å². The van der Waals surface area contributed by atoms with Crippen molar-refractivity contribution in [2.75, 3.05) is 20.0 Å². The average Bonchev–Trinajstić information content (AvgIpc) is 3.09. The number of aromatic nitrogens is 4. The quantitative estimate of drug-likeness (QED) is 0.605. The average molecular weight is 383 g/mol. The molecule has 0 amide bonds. The number of hydrogen-bond donors (Lipinski definition) is 1. The van der Waals surface area contributed by atoms with E-state index in [4.69, 9.17) is 10.5 Å². The molecule has 0 bridgehead atoms. The smallest absolute Gasteiger partial charge is 0.309 e. The maximum atomic E-state index is 11.5. The lowest BCUT2D eigenvalue weighted by atomic mass is 10.1. The molecule has 0 unspecified atom stereocenters. The van der Waals surface area contributed by atoms with E-state index in [-0.39, 0.29) is 30.6 Å². The Labute approximate surface area is 161 Å². The van der Waals surface area contributed by atoms with Crippen LogP contribution in [0.1, 0.15) is 23.4 Å². The molecule has 0 radical (unpaired) electrons. The summed E-state index contributed by atoms with van der Waals surface area (Å²) in [6, 6.07) is 7.65. The normalized spacial score (nSPS) is 10.8. The molecule has 1 aromatic carbocycles.